The largest absolute Gasteiger partial charge is 0.386 e. The summed E-state index contributed by atoms with van der Waals surface area (Å²) in [5.41, 5.74) is 2.18. The number of aromatic nitrogens is 1. The molecule has 9 heteroatoms. The molecule has 1 aromatic carbocycles. The van der Waals surface area contributed by atoms with E-state index >= 15 is 0 Å². The van der Waals surface area contributed by atoms with Gasteiger partial charge in [-0.05, 0) is 50.5 Å². The fourth-order valence-electron chi connectivity index (χ4n) is 4.88. The molecule has 3 aromatic rings. The van der Waals surface area contributed by atoms with Gasteiger partial charge in [-0.2, -0.15) is 0 Å². The van der Waals surface area contributed by atoms with Gasteiger partial charge in [0.2, 0.25) is 0 Å². The number of thiophene rings is 1. The minimum Gasteiger partial charge on any atom is -0.386 e. The molecule has 4 heterocycles. The quantitative estimate of drug-likeness (QED) is 0.510. The molecule has 1 amide bonds. The average molecular weight is 472 g/mol. The van der Waals surface area contributed by atoms with Gasteiger partial charge >= 0.3 is 0 Å². The third kappa shape index (κ3) is 4.27. The van der Waals surface area contributed by atoms with Crippen LogP contribution in [0.3, 0.4) is 0 Å². The number of anilines is 2. The summed E-state index contributed by atoms with van der Waals surface area (Å²) in [4.78, 5) is 20.6. The van der Waals surface area contributed by atoms with E-state index in [1.165, 1.54) is 23.5 Å². The molecule has 2 aromatic heterocycles. The average Bonchev–Trinajstić information content (AvgIpc) is 3.33. The number of piperazine rings is 1. The normalized spacial score (nSPS) is 19.8. The number of carbonyl (C=O) groups is 1. The number of carbonyl (C=O) groups excluding carboxylic acids is 1. The van der Waals surface area contributed by atoms with Crippen LogP contribution >= 0.6 is 11.3 Å². The van der Waals surface area contributed by atoms with Gasteiger partial charge in [-0.1, -0.05) is 0 Å². The first kappa shape index (κ1) is 22.0. The molecule has 2 aliphatic rings. The first-order valence-electron chi connectivity index (χ1n) is 11.3. The number of nitrogens with one attached hydrogen (secondary N) is 3. The number of pyridine rings is 1. The van der Waals surface area contributed by atoms with Gasteiger partial charge in [-0.25, -0.2) is 13.8 Å². The van der Waals surface area contributed by atoms with E-state index in [0.717, 1.165) is 41.8 Å². The Kier molecular flexibility index (Phi) is 5.92. The van der Waals surface area contributed by atoms with Crippen LogP contribution in [0, 0.1) is 18.6 Å². The molecule has 5 rings (SSSR count). The number of benzene rings is 1. The summed E-state index contributed by atoms with van der Waals surface area (Å²) in [7, 11) is 1.76. The summed E-state index contributed by atoms with van der Waals surface area (Å²) in [6.45, 7) is 3.57. The molecule has 3 N–H and O–H groups in total. The van der Waals surface area contributed by atoms with Crippen molar-refractivity contribution < 1.29 is 13.6 Å². The van der Waals surface area contributed by atoms with Crippen LogP contribution in [0.1, 0.15) is 33.8 Å². The zero-order valence-corrected chi connectivity index (χ0v) is 19.5. The van der Waals surface area contributed by atoms with Gasteiger partial charge in [0.15, 0.2) is 0 Å². The first-order valence-corrected chi connectivity index (χ1v) is 12.1. The van der Waals surface area contributed by atoms with Gasteiger partial charge in [-0.3, -0.25) is 4.79 Å². The minimum absolute atomic E-state index is 0.000344. The molecule has 0 radical (unpaired) electrons. The van der Waals surface area contributed by atoms with Crippen LogP contribution < -0.4 is 20.9 Å². The third-order valence-electron chi connectivity index (χ3n) is 6.52. The SMILES string of the molecule is CNc1c(C(=O)NCCc2c(F)cc(N3C[C@H]4CC[C@@H](C3)N4)cc2F)sc2nc(C)ccc12. The maximum atomic E-state index is 14.8. The maximum Gasteiger partial charge on any atom is 0.263 e. The van der Waals surface area contributed by atoms with Crippen molar-refractivity contribution in [3.05, 3.63) is 52.0 Å². The number of nitrogens with zero attached hydrogens (tertiary/aromatic N) is 2. The van der Waals surface area contributed by atoms with Crippen molar-refractivity contribution in [2.24, 2.45) is 0 Å². The van der Waals surface area contributed by atoms with Crippen LogP contribution in [0.15, 0.2) is 24.3 Å². The molecular formula is C24H27F2N5OS. The van der Waals surface area contributed by atoms with Gasteiger partial charge in [-0.15, -0.1) is 11.3 Å². The Bertz CT molecular complexity index is 1180. The van der Waals surface area contributed by atoms with Crippen LogP contribution in [0.25, 0.3) is 10.2 Å². The third-order valence-corrected chi connectivity index (χ3v) is 7.62. The molecule has 2 atom stereocenters. The van der Waals surface area contributed by atoms with E-state index in [9.17, 15) is 13.6 Å². The van der Waals surface area contributed by atoms with Crippen molar-refractivity contribution >= 4 is 38.8 Å². The lowest BCUT2D eigenvalue weighted by molar-refractivity contribution is 0.0958. The molecule has 2 saturated heterocycles. The van der Waals surface area contributed by atoms with E-state index in [1.54, 1.807) is 7.05 Å². The Morgan fingerprint density at radius 3 is 2.58 bits per heavy atom. The Morgan fingerprint density at radius 1 is 1.21 bits per heavy atom. The maximum absolute atomic E-state index is 14.8. The Labute approximate surface area is 195 Å². The molecule has 174 valence electrons. The van der Waals surface area contributed by atoms with E-state index in [-0.39, 0.29) is 24.4 Å². The molecule has 0 unspecified atom stereocenters. The molecule has 2 aliphatic heterocycles. The van der Waals surface area contributed by atoms with Crippen molar-refractivity contribution in [3.8, 4) is 0 Å². The lowest BCUT2D eigenvalue weighted by atomic mass is 10.1. The predicted octanol–water partition coefficient (Wildman–Crippen LogP) is 3.84. The minimum atomic E-state index is -0.567. The Morgan fingerprint density at radius 2 is 1.91 bits per heavy atom. The van der Waals surface area contributed by atoms with Gasteiger partial charge < -0.3 is 20.9 Å². The number of aryl methyl sites for hydroxylation is 1. The van der Waals surface area contributed by atoms with E-state index in [0.29, 0.717) is 28.3 Å². The number of hydrogen-bond donors (Lipinski definition) is 3. The highest BCUT2D eigenvalue weighted by Gasteiger charge is 2.32. The summed E-state index contributed by atoms with van der Waals surface area (Å²) in [5, 5.41) is 10.3. The lowest BCUT2D eigenvalue weighted by Gasteiger charge is -2.34. The summed E-state index contributed by atoms with van der Waals surface area (Å²) in [6, 6.07) is 7.46. The van der Waals surface area contributed by atoms with Crippen molar-refractivity contribution in [3.63, 3.8) is 0 Å². The monoisotopic (exact) mass is 471 g/mol. The fourth-order valence-corrected chi connectivity index (χ4v) is 6.02. The molecule has 0 spiro atoms. The van der Waals surface area contributed by atoms with Gasteiger partial charge in [0.25, 0.3) is 5.91 Å². The fraction of sp³-hybridized carbons (Fsp3) is 0.417. The van der Waals surface area contributed by atoms with E-state index in [1.807, 2.05) is 19.1 Å². The van der Waals surface area contributed by atoms with Crippen LogP contribution in [-0.2, 0) is 6.42 Å². The molecule has 33 heavy (non-hydrogen) atoms. The number of fused-ring (bicyclic) bond motifs is 3. The van der Waals surface area contributed by atoms with Crippen molar-refractivity contribution in [1.29, 1.82) is 0 Å². The smallest absolute Gasteiger partial charge is 0.263 e. The highest BCUT2D eigenvalue weighted by Crippen LogP contribution is 2.34. The van der Waals surface area contributed by atoms with Gasteiger partial charge in [0.05, 0.1) is 5.69 Å². The lowest BCUT2D eigenvalue weighted by Crippen LogP contribution is -2.51. The standard InChI is InChI=1S/C24H27F2N5OS/c1-13-3-6-18-21(27-2)22(33-24(18)29-13)23(32)28-8-7-17-19(25)9-16(10-20(17)26)31-11-14-4-5-15(12-31)30-14/h3,6,9-10,14-15,27,30H,4-5,7-8,11-12H2,1-2H3,(H,28,32)/t14-,15+. The second-order valence-electron chi connectivity index (χ2n) is 8.80. The molecule has 0 saturated carbocycles. The number of halogens is 2. The summed E-state index contributed by atoms with van der Waals surface area (Å²) in [5.74, 6) is -1.42. The molecule has 0 aliphatic carbocycles. The predicted molar refractivity (Wildman–Crippen MR) is 128 cm³/mol. The van der Waals surface area contributed by atoms with Crippen molar-refractivity contribution in [2.75, 3.05) is 36.9 Å². The molecule has 6 nitrogen and oxygen atoms in total. The van der Waals surface area contributed by atoms with Crippen LogP contribution in [-0.4, -0.2) is 49.7 Å². The topological polar surface area (TPSA) is 69.3 Å². The zero-order valence-electron chi connectivity index (χ0n) is 18.7. The molecule has 2 fully saturated rings. The molecular weight excluding hydrogens is 444 g/mol. The van der Waals surface area contributed by atoms with E-state index in [2.05, 4.69) is 25.8 Å². The Hall–Kier alpha value is -2.78. The highest BCUT2D eigenvalue weighted by atomic mass is 32.1. The van der Waals surface area contributed by atoms with Crippen molar-refractivity contribution in [2.45, 2.75) is 38.3 Å². The summed E-state index contributed by atoms with van der Waals surface area (Å²) < 4.78 is 29.6. The molecule has 2 bridgehead atoms. The van der Waals surface area contributed by atoms with Crippen LogP contribution in [0.5, 0.6) is 0 Å². The number of rotatable bonds is 6. The second-order valence-corrected chi connectivity index (χ2v) is 9.80. The van der Waals surface area contributed by atoms with Crippen molar-refractivity contribution in [1.82, 2.24) is 15.6 Å². The summed E-state index contributed by atoms with van der Waals surface area (Å²) >= 11 is 1.30. The van der Waals surface area contributed by atoms with E-state index in [4.69, 9.17) is 0 Å². The van der Waals surface area contributed by atoms with E-state index < -0.39 is 11.6 Å². The Balaban J connectivity index is 1.26. The van der Waals surface area contributed by atoms with Gasteiger partial charge in [0, 0.05) is 61.1 Å². The summed E-state index contributed by atoms with van der Waals surface area (Å²) in [6.07, 6.45) is 2.29. The number of amides is 1. The zero-order chi connectivity index (χ0) is 23.1. The highest BCUT2D eigenvalue weighted by molar-refractivity contribution is 7.21. The first-order chi connectivity index (χ1) is 15.9. The van der Waals surface area contributed by atoms with Crippen LogP contribution in [0.4, 0.5) is 20.2 Å². The second kappa shape index (κ2) is 8.87. The van der Waals surface area contributed by atoms with Gasteiger partial charge in [0.1, 0.15) is 21.3 Å². The van der Waals surface area contributed by atoms with Crippen LogP contribution in [0.2, 0.25) is 0 Å². The number of hydrogen-bond acceptors (Lipinski definition) is 6.